The zero-order valence-corrected chi connectivity index (χ0v) is 18.1. The summed E-state index contributed by atoms with van der Waals surface area (Å²) in [5, 5.41) is 0.512. The molecular weight excluding hydrogens is 414 g/mol. The van der Waals surface area contributed by atoms with E-state index in [1.807, 2.05) is 31.2 Å². The van der Waals surface area contributed by atoms with E-state index in [-0.39, 0.29) is 22.8 Å². The van der Waals surface area contributed by atoms with Crippen molar-refractivity contribution in [3.63, 3.8) is 0 Å². The molecule has 6 heteroatoms. The Kier molecular flexibility index (Phi) is 7.21. The molecule has 0 spiro atoms. The Bertz CT molecular complexity index is 1110. The first-order valence-corrected chi connectivity index (χ1v) is 10.1. The number of benzene rings is 3. The van der Waals surface area contributed by atoms with Crippen LogP contribution in [0.1, 0.15) is 37.4 Å². The van der Waals surface area contributed by atoms with E-state index in [0.717, 1.165) is 11.1 Å². The van der Waals surface area contributed by atoms with Crippen molar-refractivity contribution < 1.29 is 19.1 Å². The molecule has 0 aliphatic heterocycles. The molecule has 3 aromatic rings. The van der Waals surface area contributed by atoms with E-state index in [9.17, 15) is 14.4 Å². The Labute approximate surface area is 186 Å². The van der Waals surface area contributed by atoms with Crippen molar-refractivity contribution >= 4 is 29.3 Å². The molecule has 158 valence electrons. The van der Waals surface area contributed by atoms with Gasteiger partial charge in [-0.05, 0) is 48.4 Å². The van der Waals surface area contributed by atoms with Gasteiger partial charge in [-0.25, -0.2) is 4.79 Å². The molecule has 0 heterocycles. The lowest BCUT2D eigenvalue weighted by molar-refractivity contribution is -0.133. The van der Waals surface area contributed by atoms with Crippen molar-refractivity contribution in [2.75, 3.05) is 13.7 Å². The van der Waals surface area contributed by atoms with Crippen molar-refractivity contribution in [2.45, 2.75) is 13.5 Å². The number of ether oxygens (including phenoxy) is 1. The Morgan fingerprint density at radius 1 is 0.871 bits per heavy atom. The fraction of sp³-hybridized carbons (Fsp3) is 0.160. The van der Waals surface area contributed by atoms with Crippen LogP contribution in [0.5, 0.6) is 0 Å². The monoisotopic (exact) mass is 435 g/mol. The van der Waals surface area contributed by atoms with Gasteiger partial charge in [-0.2, -0.15) is 0 Å². The standard InChI is InChI=1S/C25H22ClNO4/c1-17-7-3-4-8-19(17)15-27(2)23(28)16-31-25(30)22-10-6-5-9-21(22)24(29)18-11-13-20(26)14-12-18/h3-14H,15-16H2,1-2H3. The molecule has 0 unspecified atom stereocenters. The largest absolute Gasteiger partial charge is 0.452 e. The smallest absolute Gasteiger partial charge is 0.339 e. The fourth-order valence-electron chi connectivity index (χ4n) is 3.06. The number of nitrogens with zero attached hydrogens (tertiary/aromatic N) is 1. The Hall–Kier alpha value is -3.44. The van der Waals surface area contributed by atoms with Crippen LogP contribution in [0.3, 0.4) is 0 Å². The second-order valence-corrected chi connectivity index (χ2v) is 7.57. The second-order valence-electron chi connectivity index (χ2n) is 7.13. The van der Waals surface area contributed by atoms with Crippen LogP contribution in [-0.4, -0.2) is 36.2 Å². The van der Waals surface area contributed by atoms with E-state index in [0.29, 0.717) is 17.1 Å². The van der Waals surface area contributed by atoms with Crippen LogP contribution in [0.25, 0.3) is 0 Å². The van der Waals surface area contributed by atoms with Crippen LogP contribution in [0.2, 0.25) is 5.02 Å². The lowest BCUT2D eigenvalue weighted by atomic mass is 9.98. The first-order chi connectivity index (χ1) is 14.9. The van der Waals surface area contributed by atoms with Gasteiger partial charge in [0.2, 0.25) is 0 Å². The van der Waals surface area contributed by atoms with Crippen LogP contribution in [-0.2, 0) is 16.1 Å². The Morgan fingerprint density at radius 3 is 2.16 bits per heavy atom. The van der Waals surface area contributed by atoms with Gasteiger partial charge >= 0.3 is 5.97 Å². The topological polar surface area (TPSA) is 63.7 Å². The number of carbonyl (C=O) groups is 3. The molecule has 0 fully saturated rings. The predicted molar refractivity (Wildman–Crippen MR) is 119 cm³/mol. The number of carbonyl (C=O) groups excluding carboxylic acids is 3. The Morgan fingerprint density at radius 2 is 1.48 bits per heavy atom. The maximum atomic E-state index is 12.8. The lowest BCUT2D eigenvalue weighted by Gasteiger charge is -2.18. The first kappa shape index (κ1) is 22.2. The number of ketones is 1. The maximum absolute atomic E-state index is 12.8. The molecule has 0 aliphatic carbocycles. The summed E-state index contributed by atoms with van der Waals surface area (Å²) >= 11 is 5.88. The number of hydrogen-bond acceptors (Lipinski definition) is 4. The van der Waals surface area contributed by atoms with Crippen LogP contribution < -0.4 is 0 Å². The summed E-state index contributed by atoms with van der Waals surface area (Å²) in [6.07, 6.45) is 0. The Balaban J connectivity index is 1.67. The van der Waals surface area contributed by atoms with Crippen LogP contribution in [0.4, 0.5) is 0 Å². The highest BCUT2D eigenvalue weighted by molar-refractivity contribution is 6.30. The average molecular weight is 436 g/mol. The third-order valence-corrected chi connectivity index (χ3v) is 5.17. The summed E-state index contributed by atoms with van der Waals surface area (Å²) in [4.78, 5) is 39.4. The predicted octanol–water partition coefficient (Wildman–Crippen LogP) is 4.69. The van der Waals surface area contributed by atoms with E-state index in [1.54, 1.807) is 49.5 Å². The van der Waals surface area contributed by atoms with Gasteiger partial charge in [-0.1, -0.05) is 54.1 Å². The van der Waals surface area contributed by atoms with Crippen molar-refractivity contribution in [1.82, 2.24) is 4.90 Å². The minimum Gasteiger partial charge on any atom is -0.452 e. The van der Waals surface area contributed by atoms with Gasteiger partial charge in [0.1, 0.15) is 0 Å². The first-order valence-electron chi connectivity index (χ1n) is 9.71. The number of esters is 1. The molecule has 0 atom stereocenters. The third-order valence-electron chi connectivity index (χ3n) is 4.92. The van der Waals surface area contributed by atoms with Crippen molar-refractivity contribution in [2.24, 2.45) is 0 Å². The SMILES string of the molecule is Cc1ccccc1CN(C)C(=O)COC(=O)c1ccccc1C(=O)c1ccc(Cl)cc1. The molecule has 31 heavy (non-hydrogen) atoms. The van der Waals surface area contributed by atoms with Gasteiger partial charge in [-0.15, -0.1) is 0 Å². The van der Waals surface area contributed by atoms with Crippen molar-refractivity contribution in [1.29, 1.82) is 0 Å². The molecule has 0 bridgehead atoms. The molecule has 5 nitrogen and oxygen atoms in total. The van der Waals surface area contributed by atoms with E-state index < -0.39 is 12.6 Å². The molecule has 0 aliphatic rings. The number of halogens is 1. The highest BCUT2D eigenvalue weighted by Gasteiger charge is 2.20. The summed E-state index contributed by atoms with van der Waals surface area (Å²) in [5.41, 5.74) is 2.81. The molecule has 3 rings (SSSR count). The highest BCUT2D eigenvalue weighted by Crippen LogP contribution is 2.18. The van der Waals surface area contributed by atoms with Crippen molar-refractivity contribution in [3.8, 4) is 0 Å². The molecule has 3 aromatic carbocycles. The lowest BCUT2D eigenvalue weighted by Crippen LogP contribution is -2.31. The van der Waals surface area contributed by atoms with Gasteiger partial charge in [0.05, 0.1) is 5.56 Å². The second kappa shape index (κ2) is 10.0. The minimum atomic E-state index is -0.726. The zero-order valence-electron chi connectivity index (χ0n) is 17.3. The van der Waals surface area contributed by atoms with Crippen molar-refractivity contribution in [3.05, 3.63) is 106 Å². The van der Waals surface area contributed by atoms with Gasteiger partial charge in [-0.3, -0.25) is 9.59 Å². The van der Waals surface area contributed by atoms with Crippen LogP contribution in [0, 0.1) is 6.92 Å². The van der Waals surface area contributed by atoms with Crippen LogP contribution in [0.15, 0.2) is 72.8 Å². The van der Waals surface area contributed by atoms with Crippen LogP contribution >= 0.6 is 11.6 Å². The molecule has 0 N–H and O–H groups in total. The summed E-state index contributed by atoms with van der Waals surface area (Å²) in [6.45, 7) is 1.97. The van der Waals surface area contributed by atoms with E-state index in [2.05, 4.69) is 0 Å². The van der Waals surface area contributed by atoms with E-state index in [1.165, 1.54) is 11.0 Å². The maximum Gasteiger partial charge on any atom is 0.339 e. The van der Waals surface area contributed by atoms with Gasteiger partial charge in [0.15, 0.2) is 12.4 Å². The van der Waals surface area contributed by atoms with Gasteiger partial charge in [0.25, 0.3) is 5.91 Å². The summed E-state index contributed by atoms with van der Waals surface area (Å²) in [7, 11) is 1.65. The molecule has 1 amide bonds. The quantitative estimate of drug-likeness (QED) is 0.399. The van der Waals surface area contributed by atoms with Gasteiger partial charge in [0, 0.05) is 29.7 Å². The normalized spacial score (nSPS) is 10.4. The molecule has 0 radical (unpaired) electrons. The van der Waals surface area contributed by atoms with E-state index >= 15 is 0 Å². The van der Waals surface area contributed by atoms with E-state index in [4.69, 9.17) is 16.3 Å². The summed E-state index contributed by atoms with van der Waals surface area (Å²) < 4.78 is 5.22. The summed E-state index contributed by atoms with van der Waals surface area (Å²) in [6, 6.07) is 20.5. The average Bonchev–Trinajstić information content (AvgIpc) is 2.78. The highest BCUT2D eigenvalue weighted by atomic mass is 35.5. The number of rotatable bonds is 7. The molecule has 0 aromatic heterocycles. The van der Waals surface area contributed by atoms with Gasteiger partial charge < -0.3 is 9.64 Å². The number of amides is 1. The third kappa shape index (κ3) is 5.58. The molecule has 0 saturated heterocycles. The number of hydrogen-bond donors (Lipinski definition) is 0. The number of likely N-dealkylation sites (N-methyl/N-ethyl adjacent to an activating group) is 1. The summed E-state index contributed by atoms with van der Waals surface area (Å²) in [5.74, 6) is -1.39. The fourth-order valence-corrected chi connectivity index (χ4v) is 3.19. The zero-order chi connectivity index (χ0) is 22.4. The molecular formula is C25H22ClNO4. The minimum absolute atomic E-state index is 0.108. The molecule has 0 saturated carbocycles. The number of aryl methyl sites for hydroxylation is 1.